The van der Waals surface area contributed by atoms with Crippen molar-refractivity contribution < 1.29 is 9.18 Å². The molecule has 1 N–H and O–H groups in total. The van der Waals surface area contributed by atoms with E-state index in [0.29, 0.717) is 12.1 Å². The Hall–Kier alpha value is -1.81. The molecule has 22 heavy (non-hydrogen) atoms. The summed E-state index contributed by atoms with van der Waals surface area (Å²) in [5.41, 5.74) is 3.05. The fourth-order valence-electron chi connectivity index (χ4n) is 2.09. The van der Waals surface area contributed by atoms with E-state index in [4.69, 9.17) is 0 Å². The van der Waals surface area contributed by atoms with Crippen molar-refractivity contribution in [3.05, 3.63) is 71.0 Å². The topological polar surface area (TPSA) is 29.1 Å². The molecule has 0 aliphatic rings. The summed E-state index contributed by atoms with van der Waals surface area (Å²) in [6.45, 7) is 2.70. The van der Waals surface area contributed by atoms with E-state index in [0.717, 1.165) is 11.5 Å². The second kappa shape index (κ2) is 8.59. The molecule has 0 heterocycles. The Morgan fingerprint density at radius 1 is 1.09 bits per heavy atom. The summed E-state index contributed by atoms with van der Waals surface area (Å²) in [6, 6.07) is 14.7. The third-order valence-corrected chi connectivity index (χ3v) is 4.40. The summed E-state index contributed by atoms with van der Waals surface area (Å²) >= 11 is 1.78. The Bertz CT molecular complexity index is 630. The zero-order valence-electron chi connectivity index (χ0n) is 12.6. The van der Waals surface area contributed by atoms with Crippen molar-refractivity contribution in [1.82, 2.24) is 5.32 Å². The highest BCUT2D eigenvalue weighted by Crippen LogP contribution is 2.15. The fourth-order valence-corrected chi connectivity index (χ4v) is 3.03. The molecular weight excluding hydrogens is 297 g/mol. The first-order valence-corrected chi connectivity index (χ1v) is 8.44. The molecule has 2 aromatic carbocycles. The van der Waals surface area contributed by atoms with Crippen LogP contribution < -0.4 is 5.32 Å². The number of halogens is 1. The molecule has 116 valence electrons. The third kappa shape index (κ3) is 5.19. The lowest BCUT2D eigenvalue weighted by Crippen LogP contribution is -2.27. The molecule has 0 unspecified atom stereocenters. The van der Waals surface area contributed by atoms with Gasteiger partial charge in [0.05, 0.1) is 6.42 Å². The fraction of sp³-hybridized carbons (Fsp3) is 0.278. The molecule has 0 spiro atoms. The standard InChI is InChI=1S/C18H20FNOS/c1-14-6-2-3-8-16(14)13-22-11-10-20-18(21)12-15-7-4-5-9-17(15)19/h2-9H,10-13H2,1H3,(H,20,21). The molecule has 2 aromatic rings. The van der Waals surface area contributed by atoms with Crippen molar-refractivity contribution in [2.45, 2.75) is 19.1 Å². The summed E-state index contributed by atoms with van der Waals surface area (Å²) in [5, 5.41) is 2.83. The van der Waals surface area contributed by atoms with E-state index in [9.17, 15) is 9.18 Å². The van der Waals surface area contributed by atoms with Crippen molar-refractivity contribution in [2.24, 2.45) is 0 Å². The van der Waals surface area contributed by atoms with Gasteiger partial charge in [0, 0.05) is 18.1 Å². The normalized spacial score (nSPS) is 10.5. The number of carbonyl (C=O) groups is 1. The Balaban J connectivity index is 1.65. The number of rotatable bonds is 7. The molecular formula is C18H20FNOS. The number of amides is 1. The maximum absolute atomic E-state index is 13.4. The van der Waals surface area contributed by atoms with Crippen LogP contribution in [0.25, 0.3) is 0 Å². The predicted molar refractivity (Wildman–Crippen MR) is 90.5 cm³/mol. The predicted octanol–water partition coefficient (Wildman–Crippen LogP) is 3.73. The lowest BCUT2D eigenvalue weighted by molar-refractivity contribution is -0.120. The average Bonchev–Trinajstić information content (AvgIpc) is 2.51. The first-order chi connectivity index (χ1) is 10.7. The van der Waals surface area contributed by atoms with Crippen molar-refractivity contribution in [1.29, 1.82) is 0 Å². The van der Waals surface area contributed by atoms with Gasteiger partial charge in [-0.1, -0.05) is 42.5 Å². The lowest BCUT2D eigenvalue weighted by atomic mass is 10.1. The Morgan fingerprint density at radius 2 is 1.77 bits per heavy atom. The van der Waals surface area contributed by atoms with Crippen LogP contribution in [-0.4, -0.2) is 18.2 Å². The molecule has 0 atom stereocenters. The van der Waals surface area contributed by atoms with Gasteiger partial charge in [-0.15, -0.1) is 0 Å². The van der Waals surface area contributed by atoms with Gasteiger partial charge in [-0.3, -0.25) is 4.79 Å². The van der Waals surface area contributed by atoms with Gasteiger partial charge in [-0.25, -0.2) is 4.39 Å². The van der Waals surface area contributed by atoms with Crippen molar-refractivity contribution >= 4 is 17.7 Å². The van der Waals surface area contributed by atoms with Gasteiger partial charge in [0.1, 0.15) is 5.82 Å². The molecule has 0 aromatic heterocycles. The van der Waals surface area contributed by atoms with Crippen molar-refractivity contribution in [2.75, 3.05) is 12.3 Å². The zero-order valence-corrected chi connectivity index (χ0v) is 13.5. The van der Waals surface area contributed by atoms with Crippen LogP contribution in [-0.2, 0) is 17.0 Å². The largest absolute Gasteiger partial charge is 0.355 e. The zero-order chi connectivity index (χ0) is 15.8. The monoisotopic (exact) mass is 317 g/mol. The number of hydrogen-bond acceptors (Lipinski definition) is 2. The van der Waals surface area contributed by atoms with Gasteiger partial charge in [-0.05, 0) is 29.7 Å². The van der Waals surface area contributed by atoms with E-state index in [1.807, 2.05) is 12.1 Å². The first kappa shape index (κ1) is 16.6. The number of thioether (sulfide) groups is 1. The molecule has 0 bridgehead atoms. The summed E-state index contributed by atoms with van der Waals surface area (Å²) in [6.07, 6.45) is 0.0924. The van der Waals surface area contributed by atoms with Crippen molar-refractivity contribution in [3.8, 4) is 0 Å². The van der Waals surface area contributed by atoms with Gasteiger partial charge >= 0.3 is 0 Å². The second-order valence-corrected chi connectivity index (χ2v) is 6.20. The molecule has 1 amide bonds. The van der Waals surface area contributed by atoms with Crippen molar-refractivity contribution in [3.63, 3.8) is 0 Å². The quantitative estimate of drug-likeness (QED) is 0.789. The van der Waals surface area contributed by atoms with Gasteiger partial charge < -0.3 is 5.32 Å². The van der Waals surface area contributed by atoms with Crippen LogP contribution in [0.1, 0.15) is 16.7 Å². The molecule has 2 nitrogen and oxygen atoms in total. The highest BCUT2D eigenvalue weighted by Gasteiger charge is 2.06. The van der Waals surface area contributed by atoms with Crippen LogP contribution in [0.3, 0.4) is 0 Å². The maximum Gasteiger partial charge on any atom is 0.224 e. The Morgan fingerprint density at radius 3 is 2.50 bits per heavy atom. The minimum absolute atomic E-state index is 0.0924. The van der Waals surface area contributed by atoms with Crippen LogP contribution in [0.15, 0.2) is 48.5 Å². The summed E-state index contributed by atoms with van der Waals surface area (Å²) in [7, 11) is 0. The van der Waals surface area contributed by atoms with Crippen LogP contribution in [0.5, 0.6) is 0 Å². The molecule has 0 fully saturated rings. The molecule has 0 saturated carbocycles. The average molecular weight is 317 g/mol. The van der Waals surface area contributed by atoms with E-state index in [1.54, 1.807) is 30.0 Å². The van der Waals surface area contributed by atoms with E-state index in [1.165, 1.54) is 17.2 Å². The van der Waals surface area contributed by atoms with Crippen LogP contribution in [0, 0.1) is 12.7 Å². The minimum atomic E-state index is -0.327. The van der Waals surface area contributed by atoms with Gasteiger partial charge in [0.15, 0.2) is 0 Å². The first-order valence-electron chi connectivity index (χ1n) is 7.29. The van der Waals surface area contributed by atoms with Gasteiger partial charge in [-0.2, -0.15) is 11.8 Å². The second-order valence-electron chi connectivity index (χ2n) is 5.10. The van der Waals surface area contributed by atoms with E-state index in [2.05, 4.69) is 24.4 Å². The number of benzene rings is 2. The molecule has 0 aliphatic heterocycles. The molecule has 4 heteroatoms. The van der Waals surface area contributed by atoms with Gasteiger partial charge in [0.2, 0.25) is 5.91 Å². The van der Waals surface area contributed by atoms with Crippen LogP contribution >= 0.6 is 11.8 Å². The molecule has 0 aliphatic carbocycles. The third-order valence-electron chi connectivity index (χ3n) is 3.40. The van der Waals surface area contributed by atoms with Crippen LogP contribution in [0.4, 0.5) is 4.39 Å². The summed E-state index contributed by atoms with van der Waals surface area (Å²) in [5.74, 6) is 1.32. The van der Waals surface area contributed by atoms with E-state index < -0.39 is 0 Å². The lowest BCUT2D eigenvalue weighted by Gasteiger charge is -2.07. The summed E-state index contributed by atoms with van der Waals surface area (Å²) in [4.78, 5) is 11.8. The smallest absolute Gasteiger partial charge is 0.224 e. The van der Waals surface area contributed by atoms with E-state index >= 15 is 0 Å². The molecule has 0 saturated heterocycles. The number of hydrogen-bond donors (Lipinski definition) is 1. The summed E-state index contributed by atoms with van der Waals surface area (Å²) < 4.78 is 13.4. The Kier molecular flexibility index (Phi) is 6.46. The highest BCUT2D eigenvalue weighted by molar-refractivity contribution is 7.98. The number of aryl methyl sites for hydroxylation is 1. The SMILES string of the molecule is Cc1ccccc1CSCCNC(=O)Cc1ccccc1F. The number of carbonyl (C=O) groups excluding carboxylic acids is 1. The van der Waals surface area contributed by atoms with Gasteiger partial charge in [0.25, 0.3) is 0 Å². The Labute approximate surface area is 135 Å². The number of nitrogens with one attached hydrogen (secondary N) is 1. The minimum Gasteiger partial charge on any atom is -0.355 e. The highest BCUT2D eigenvalue weighted by atomic mass is 32.2. The van der Waals surface area contributed by atoms with Crippen LogP contribution in [0.2, 0.25) is 0 Å². The molecule has 2 rings (SSSR count). The maximum atomic E-state index is 13.4. The van der Waals surface area contributed by atoms with E-state index in [-0.39, 0.29) is 18.1 Å². The molecule has 0 radical (unpaired) electrons.